The highest BCUT2D eigenvalue weighted by atomic mass is 35.5. The highest BCUT2D eigenvalue weighted by Gasteiger charge is 2.11. The van der Waals surface area contributed by atoms with Gasteiger partial charge in [-0.1, -0.05) is 23.7 Å². The zero-order valence-corrected chi connectivity index (χ0v) is 10.3. The van der Waals surface area contributed by atoms with Gasteiger partial charge in [-0.05, 0) is 12.1 Å². The Morgan fingerprint density at radius 2 is 2.06 bits per heavy atom. The molecule has 5 N–H and O–H groups in total. The average molecular weight is 272 g/mol. The fourth-order valence-corrected chi connectivity index (χ4v) is 1.36. The van der Waals surface area contributed by atoms with Crippen molar-refractivity contribution in [1.82, 2.24) is 5.32 Å². The van der Waals surface area contributed by atoms with Crippen LogP contribution in [0.2, 0.25) is 5.02 Å². The summed E-state index contributed by atoms with van der Waals surface area (Å²) in [7, 11) is 0. The van der Waals surface area contributed by atoms with E-state index in [-0.39, 0.29) is 19.0 Å². The van der Waals surface area contributed by atoms with Gasteiger partial charge in [-0.25, -0.2) is 0 Å². The van der Waals surface area contributed by atoms with E-state index in [2.05, 4.69) is 10.6 Å². The van der Waals surface area contributed by atoms with E-state index in [0.29, 0.717) is 10.7 Å². The molecule has 1 atom stereocenters. The fourth-order valence-electron chi connectivity index (χ4n) is 1.18. The van der Waals surface area contributed by atoms with E-state index >= 15 is 0 Å². The molecular weight excluding hydrogens is 258 g/mol. The summed E-state index contributed by atoms with van der Waals surface area (Å²) < 4.78 is 0. The topological polar surface area (TPSA) is 104 Å². The minimum atomic E-state index is -1.31. The Kier molecular flexibility index (Phi) is 5.57. The van der Waals surface area contributed by atoms with Gasteiger partial charge in [0.15, 0.2) is 0 Å². The van der Waals surface area contributed by atoms with E-state index < -0.39 is 12.0 Å². The fraction of sp³-hybridized carbons (Fsp3) is 0.273. The van der Waals surface area contributed by atoms with Gasteiger partial charge in [-0.15, -0.1) is 0 Å². The third-order valence-electron chi connectivity index (χ3n) is 2.10. The second-order valence-corrected chi connectivity index (χ2v) is 3.98. The first-order chi connectivity index (χ1) is 8.50. The van der Waals surface area contributed by atoms with Crippen LogP contribution in [-0.2, 0) is 9.59 Å². The van der Waals surface area contributed by atoms with Gasteiger partial charge in [0.2, 0.25) is 11.8 Å². The third kappa shape index (κ3) is 4.70. The molecule has 0 aliphatic carbocycles. The number of aliphatic hydroxyl groups is 1. The molecule has 0 heterocycles. The summed E-state index contributed by atoms with van der Waals surface area (Å²) in [6.07, 6.45) is -1.31. The van der Waals surface area contributed by atoms with Crippen LogP contribution in [0.1, 0.15) is 0 Å². The molecule has 0 aliphatic rings. The molecule has 0 fully saturated rings. The van der Waals surface area contributed by atoms with Crippen molar-refractivity contribution in [2.24, 2.45) is 5.73 Å². The number of nitrogens with two attached hydrogens (primary N) is 1. The second kappa shape index (κ2) is 6.95. The number of halogens is 1. The van der Waals surface area contributed by atoms with E-state index in [1.165, 1.54) is 0 Å². The van der Waals surface area contributed by atoms with Crippen molar-refractivity contribution in [1.29, 1.82) is 0 Å². The zero-order valence-electron chi connectivity index (χ0n) is 9.52. The molecule has 0 saturated heterocycles. The number of rotatable bonds is 6. The van der Waals surface area contributed by atoms with Crippen molar-refractivity contribution in [3.8, 4) is 0 Å². The Bertz CT molecular complexity index is 439. The number of amides is 2. The molecule has 1 aromatic rings. The molecule has 98 valence electrons. The van der Waals surface area contributed by atoms with Gasteiger partial charge in [0.05, 0.1) is 17.3 Å². The first kappa shape index (κ1) is 14.4. The lowest BCUT2D eigenvalue weighted by atomic mass is 10.3. The Hall–Kier alpha value is -1.63. The van der Waals surface area contributed by atoms with Gasteiger partial charge < -0.3 is 21.5 Å². The maximum Gasteiger partial charge on any atom is 0.247 e. The minimum absolute atomic E-state index is 0.0600. The highest BCUT2D eigenvalue weighted by Crippen LogP contribution is 2.19. The van der Waals surface area contributed by atoms with Crippen LogP contribution in [0.3, 0.4) is 0 Å². The lowest BCUT2D eigenvalue weighted by Crippen LogP contribution is -2.40. The van der Waals surface area contributed by atoms with Crippen molar-refractivity contribution >= 4 is 29.1 Å². The van der Waals surface area contributed by atoms with Crippen LogP contribution >= 0.6 is 11.6 Å². The standard InChI is InChI=1S/C11H14ClN3O3/c12-7-3-1-2-4-8(7)15-10(17)6-14-5-9(16)11(13)18/h1-4,9,14,16H,5-6H2,(H2,13,18)(H,15,17). The average Bonchev–Trinajstić information content (AvgIpc) is 2.32. The first-order valence-electron chi connectivity index (χ1n) is 5.23. The molecule has 1 unspecified atom stereocenters. The normalized spacial score (nSPS) is 11.9. The molecule has 0 spiro atoms. The molecule has 0 aliphatic heterocycles. The summed E-state index contributed by atoms with van der Waals surface area (Å²) in [5.41, 5.74) is 5.35. The van der Waals surface area contributed by atoms with Crippen molar-refractivity contribution < 1.29 is 14.7 Å². The molecular formula is C11H14ClN3O3. The summed E-state index contributed by atoms with van der Waals surface area (Å²) in [5.74, 6) is -1.17. The third-order valence-corrected chi connectivity index (χ3v) is 2.43. The monoisotopic (exact) mass is 271 g/mol. The van der Waals surface area contributed by atoms with Gasteiger partial charge in [-0.2, -0.15) is 0 Å². The van der Waals surface area contributed by atoms with Crippen molar-refractivity contribution in [2.45, 2.75) is 6.10 Å². The smallest absolute Gasteiger partial charge is 0.247 e. The van der Waals surface area contributed by atoms with E-state index in [1.807, 2.05) is 0 Å². The number of anilines is 1. The minimum Gasteiger partial charge on any atom is -0.382 e. The molecule has 0 saturated carbocycles. The van der Waals surface area contributed by atoms with Gasteiger partial charge in [0, 0.05) is 6.54 Å². The van der Waals surface area contributed by atoms with Crippen LogP contribution in [-0.4, -0.2) is 36.1 Å². The number of hydrogen-bond donors (Lipinski definition) is 4. The number of carbonyl (C=O) groups excluding carboxylic acids is 2. The first-order valence-corrected chi connectivity index (χ1v) is 5.61. The number of primary amides is 1. The van der Waals surface area contributed by atoms with E-state index in [4.69, 9.17) is 22.4 Å². The molecule has 1 rings (SSSR count). The molecule has 2 amide bonds. The van der Waals surface area contributed by atoms with Crippen LogP contribution < -0.4 is 16.4 Å². The van der Waals surface area contributed by atoms with Crippen molar-refractivity contribution in [2.75, 3.05) is 18.4 Å². The van der Waals surface area contributed by atoms with Gasteiger partial charge in [0.25, 0.3) is 0 Å². The molecule has 0 bridgehead atoms. The maximum absolute atomic E-state index is 11.5. The number of carbonyl (C=O) groups is 2. The van der Waals surface area contributed by atoms with Crippen molar-refractivity contribution in [3.63, 3.8) is 0 Å². The molecule has 6 nitrogen and oxygen atoms in total. The van der Waals surface area contributed by atoms with Crippen LogP contribution in [0.4, 0.5) is 5.69 Å². The molecule has 0 aromatic heterocycles. The summed E-state index contributed by atoms with van der Waals surface area (Å²) in [6, 6.07) is 6.81. The van der Waals surface area contributed by atoms with Crippen LogP contribution in [0.5, 0.6) is 0 Å². The molecule has 0 radical (unpaired) electrons. The van der Waals surface area contributed by atoms with Gasteiger partial charge in [0.1, 0.15) is 6.10 Å². The maximum atomic E-state index is 11.5. The van der Waals surface area contributed by atoms with Crippen molar-refractivity contribution in [3.05, 3.63) is 29.3 Å². The number of aliphatic hydroxyl groups excluding tert-OH is 1. The zero-order chi connectivity index (χ0) is 13.5. The summed E-state index contributed by atoms with van der Waals surface area (Å²) in [5, 5.41) is 14.7. The highest BCUT2D eigenvalue weighted by molar-refractivity contribution is 6.33. The quantitative estimate of drug-likeness (QED) is 0.571. The molecule has 1 aromatic carbocycles. The second-order valence-electron chi connectivity index (χ2n) is 3.58. The van der Waals surface area contributed by atoms with Crippen LogP contribution in [0.25, 0.3) is 0 Å². The SMILES string of the molecule is NC(=O)C(O)CNCC(=O)Nc1ccccc1Cl. The summed E-state index contributed by atoms with van der Waals surface area (Å²) in [4.78, 5) is 22.0. The number of benzene rings is 1. The lowest BCUT2D eigenvalue weighted by Gasteiger charge is -2.09. The van der Waals surface area contributed by atoms with Crippen LogP contribution in [0, 0.1) is 0 Å². The van der Waals surface area contributed by atoms with Crippen LogP contribution in [0.15, 0.2) is 24.3 Å². The van der Waals surface area contributed by atoms with E-state index in [9.17, 15) is 9.59 Å². The largest absolute Gasteiger partial charge is 0.382 e. The van der Waals surface area contributed by atoms with E-state index in [1.54, 1.807) is 24.3 Å². The number of nitrogens with one attached hydrogen (secondary N) is 2. The Balaban J connectivity index is 2.35. The van der Waals surface area contributed by atoms with Gasteiger partial charge in [-0.3, -0.25) is 9.59 Å². The molecule has 7 heteroatoms. The molecule has 18 heavy (non-hydrogen) atoms. The Labute approximate surface area is 109 Å². The Morgan fingerprint density at radius 1 is 1.39 bits per heavy atom. The van der Waals surface area contributed by atoms with E-state index in [0.717, 1.165) is 0 Å². The predicted octanol–water partition coefficient (Wildman–Crippen LogP) is -0.286. The summed E-state index contributed by atoms with van der Waals surface area (Å²) in [6.45, 7) is -0.138. The number of hydrogen-bond acceptors (Lipinski definition) is 4. The summed E-state index contributed by atoms with van der Waals surface area (Å²) >= 11 is 5.86. The number of para-hydroxylation sites is 1. The lowest BCUT2D eigenvalue weighted by molar-refractivity contribution is -0.126. The Morgan fingerprint density at radius 3 is 2.67 bits per heavy atom. The van der Waals surface area contributed by atoms with Gasteiger partial charge >= 0.3 is 0 Å². The predicted molar refractivity (Wildman–Crippen MR) is 68.2 cm³/mol.